The number of hydrogen-bond donors (Lipinski definition) is 0. The summed E-state index contributed by atoms with van der Waals surface area (Å²) in [4.78, 5) is 11.0. The van der Waals surface area contributed by atoms with Crippen molar-refractivity contribution in [2.45, 2.75) is 19.3 Å². The molecule has 0 radical (unpaired) electrons. The van der Waals surface area contributed by atoms with Gasteiger partial charge in [-0.2, -0.15) is 0 Å². The van der Waals surface area contributed by atoms with Crippen LogP contribution in [0.4, 0.5) is 0 Å². The van der Waals surface area contributed by atoms with Crippen LogP contribution < -0.4 is 0 Å². The molecule has 12 aromatic rings. The van der Waals surface area contributed by atoms with E-state index < -0.39 is 0 Å². The summed E-state index contributed by atoms with van der Waals surface area (Å²) in [6, 6.07) is 57.5. The highest BCUT2D eigenvalue weighted by Gasteiger charge is 2.37. The molecule has 0 aliphatic heterocycles. The maximum absolute atomic E-state index is 5.54. The molecule has 4 aromatic heterocycles. The molecule has 1 aliphatic carbocycles. The number of benzene rings is 8. The Bertz CT molecular complexity index is 3620. The Morgan fingerprint density at radius 3 is 2.07 bits per heavy atom. The molecule has 0 spiro atoms. The van der Waals surface area contributed by atoms with Gasteiger partial charge in [0.2, 0.25) is 0 Å². The first-order valence-corrected chi connectivity index (χ1v) is 19.1. The number of aromatic nitrogens is 4. The molecule has 4 heterocycles. The smallest absolute Gasteiger partial charge is 0.165 e. The van der Waals surface area contributed by atoms with Crippen molar-refractivity contribution in [2.24, 2.45) is 0 Å². The molecule has 0 N–H and O–H groups in total. The molecule has 0 bridgehead atoms. The molecule has 256 valence electrons. The second-order valence-electron chi connectivity index (χ2n) is 15.7. The quantitative estimate of drug-likeness (QED) is 0.168. The first kappa shape index (κ1) is 29.4. The van der Waals surface area contributed by atoms with Gasteiger partial charge in [-0.3, -0.25) is 4.57 Å². The molecule has 8 aromatic carbocycles. The van der Waals surface area contributed by atoms with Crippen molar-refractivity contribution < 1.29 is 0 Å². The third-order valence-corrected chi connectivity index (χ3v) is 12.6. The molecular weight excluding hydrogens is 669 g/mol. The third-order valence-electron chi connectivity index (χ3n) is 12.6. The minimum Gasteiger partial charge on any atom is -0.308 e. The van der Waals surface area contributed by atoms with Gasteiger partial charge in [0.05, 0.1) is 38.6 Å². The zero-order valence-corrected chi connectivity index (χ0v) is 30.3. The van der Waals surface area contributed by atoms with Gasteiger partial charge in [-0.15, -0.1) is 0 Å². The number of nitrogens with zero attached hydrogens (tertiary/aromatic N) is 4. The summed E-state index contributed by atoms with van der Waals surface area (Å²) in [5.74, 6) is 0.830. The molecule has 0 saturated carbocycles. The van der Waals surface area contributed by atoms with Crippen molar-refractivity contribution in [3.05, 3.63) is 169 Å². The van der Waals surface area contributed by atoms with Gasteiger partial charge in [0.1, 0.15) is 5.69 Å². The van der Waals surface area contributed by atoms with Crippen LogP contribution in [0.2, 0.25) is 0 Å². The zero-order valence-electron chi connectivity index (χ0n) is 30.3. The SMILES string of the molecule is CC1(C)c2ccccc2-c2c1ccc1c2c2cccc3c4cccc5c4c4c(cccc4n1c32)n5-c1nc2ccc3ccccc3c2nc1-c1ccccc1. The molecule has 55 heavy (non-hydrogen) atoms. The van der Waals surface area contributed by atoms with Gasteiger partial charge >= 0.3 is 0 Å². The topological polar surface area (TPSA) is 35.1 Å². The fourth-order valence-electron chi connectivity index (χ4n) is 10.3. The van der Waals surface area contributed by atoms with Gasteiger partial charge in [0, 0.05) is 43.3 Å². The maximum Gasteiger partial charge on any atom is 0.165 e. The Hall–Kier alpha value is -7.04. The summed E-state index contributed by atoms with van der Waals surface area (Å²) >= 11 is 0. The van der Waals surface area contributed by atoms with E-state index in [-0.39, 0.29) is 5.41 Å². The van der Waals surface area contributed by atoms with Gasteiger partial charge in [-0.25, -0.2) is 9.97 Å². The fourth-order valence-corrected chi connectivity index (χ4v) is 10.3. The number of hydrogen-bond acceptors (Lipinski definition) is 2. The van der Waals surface area contributed by atoms with Crippen LogP contribution in [-0.2, 0) is 5.41 Å². The lowest BCUT2D eigenvalue weighted by Gasteiger charge is -2.21. The van der Waals surface area contributed by atoms with E-state index in [0.29, 0.717) is 0 Å². The highest BCUT2D eigenvalue weighted by molar-refractivity contribution is 6.32. The third kappa shape index (κ3) is 3.57. The molecule has 0 fully saturated rings. The Morgan fingerprint density at radius 1 is 0.473 bits per heavy atom. The molecule has 1 aliphatic rings. The Kier molecular flexibility index (Phi) is 5.42. The van der Waals surface area contributed by atoms with E-state index in [0.717, 1.165) is 49.9 Å². The normalized spacial score (nSPS) is 13.8. The van der Waals surface area contributed by atoms with E-state index >= 15 is 0 Å². The van der Waals surface area contributed by atoms with E-state index in [1.165, 1.54) is 71.1 Å². The predicted molar refractivity (Wildman–Crippen MR) is 229 cm³/mol. The summed E-state index contributed by atoms with van der Waals surface area (Å²) in [7, 11) is 0. The number of fused-ring (bicyclic) bond motifs is 12. The van der Waals surface area contributed by atoms with Gasteiger partial charge in [-0.05, 0) is 63.4 Å². The van der Waals surface area contributed by atoms with Crippen molar-refractivity contribution in [3.8, 4) is 28.2 Å². The van der Waals surface area contributed by atoms with Crippen LogP contribution in [0, 0.1) is 0 Å². The highest BCUT2D eigenvalue weighted by atomic mass is 15.1. The van der Waals surface area contributed by atoms with E-state index in [4.69, 9.17) is 9.97 Å². The zero-order chi connectivity index (χ0) is 36.2. The fraction of sp³-hybridized carbons (Fsp3) is 0.0588. The lowest BCUT2D eigenvalue weighted by atomic mass is 9.82. The van der Waals surface area contributed by atoms with Crippen LogP contribution >= 0.6 is 0 Å². The standard InChI is InChI=1S/C51H32N4/c1-51(2)36-21-9-8-17-34(36)43-37(51)26-28-42-45(43)35-20-10-19-33-32-18-11-22-39-44(32)46-40(54(42)49(33)35)23-12-24-41(46)55(39)50-47(30-14-4-3-5-15-30)53-48-31-16-7-6-13-29(31)25-27-38(48)52-50/h3-28H,1-2H3. The number of rotatable bonds is 2. The van der Waals surface area contributed by atoms with E-state index in [2.05, 4.69) is 181 Å². The largest absolute Gasteiger partial charge is 0.308 e. The van der Waals surface area contributed by atoms with Crippen molar-refractivity contribution >= 4 is 81.7 Å². The second kappa shape index (κ2) is 10.1. The van der Waals surface area contributed by atoms with Crippen molar-refractivity contribution in [1.29, 1.82) is 0 Å². The molecule has 4 heteroatoms. The van der Waals surface area contributed by atoms with Crippen LogP contribution in [-0.4, -0.2) is 18.9 Å². The summed E-state index contributed by atoms with van der Waals surface area (Å²) in [5.41, 5.74) is 15.0. The monoisotopic (exact) mass is 700 g/mol. The molecule has 4 nitrogen and oxygen atoms in total. The average molecular weight is 701 g/mol. The molecular formula is C51H32N4. The predicted octanol–water partition coefficient (Wildman–Crippen LogP) is 13.0. The van der Waals surface area contributed by atoms with Crippen LogP contribution in [0.15, 0.2) is 158 Å². The molecule has 0 amide bonds. The molecule has 0 saturated heterocycles. The van der Waals surface area contributed by atoms with Gasteiger partial charge in [-0.1, -0.05) is 141 Å². The van der Waals surface area contributed by atoms with Crippen molar-refractivity contribution in [3.63, 3.8) is 0 Å². The molecule has 0 atom stereocenters. The molecule has 0 unspecified atom stereocenters. The number of para-hydroxylation sites is 1. The Balaban J connectivity index is 1.23. The summed E-state index contributed by atoms with van der Waals surface area (Å²) in [5, 5.41) is 9.84. The lowest BCUT2D eigenvalue weighted by Crippen LogP contribution is -2.14. The van der Waals surface area contributed by atoms with E-state index in [1.807, 2.05) is 0 Å². The maximum atomic E-state index is 5.54. The first-order valence-electron chi connectivity index (χ1n) is 19.1. The minimum absolute atomic E-state index is 0.0805. The van der Waals surface area contributed by atoms with Crippen LogP contribution in [0.3, 0.4) is 0 Å². The van der Waals surface area contributed by atoms with Crippen molar-refractivity contribution in [1.82, 2.24) is 18.9 Å². The minimum atomic E-state index is -0.0805. The van der Waals surface area contributed by atoms with Crippen LogP contribution in [0.25, 0.3) is 110 Å². The van der Waals surface area contributed by atoms with Crippen LogP contribution in [0.5, 0.6) is 0 Å². The summed E-state index contributed by atoms with van der Waals surface area (Å²) < 4.78 is 4.92. The Labute approximate surface area is 315 Å². The molecule has 13 rings (SSSR count). The van der Waals surface area contributed by atoms with Gasteiger partial charge < -0.3 is 4.40 Å². The van der Waals surface area contributed by atoms with Gasteiger partial charge in [0.15, 0.2) is 5.82 Å². The summed E-state index contributed by atoms with van der Waals surface area (Å²) in [6.45, 7) is 4.74. The van der Waals surface area contributed by atoms with Crippen LogP contribution in [0.1, 0.15) is 25.0 Å². The second-order valence-corrected chi connectivity index (χ2v) is 15.7. The first-order chi connectivity index (χ1) is 27.1. The van der Waals surface area contributed by atoms with Gasteiger partial charge in [0.25, 0.3) is 0 Å². The van der Waals surface area contributed by atoms with E-state index in [1.54, 1.807) is 0 Å². The highest BCUT2D eigenvalue weighted by Crippen LogP contribution is 2.54. The van der Waals surface area contributed by atoms with Crippen molar-refractivity contribution in [2.75, 3.05) is 0 Å². The Morgan fingerprint density at radius 2 is 1.16 bits per heavy atom. The average Bonchev–Trinajstić information content (AvgIpc) is 3.80. The lowest BCUT2D eigenvalue weighted by molar-refractivity contribution is 0.661. The summed E-state index contributed by atoms with van der Waals surface area (Å²) in [6.07, 6.45) is 0. The van der Waals surface area contributed by atoms with E-state index in [9.17, 15) is 0 Å².